The summed E-state index contributed by atoms with van der Waals surface area (Å²) in [6.45, 7) is -1.39. The minimum Gasteiger partial charge on any atom is -0.394 e. The van der Waals surface area contributed by atoms with Crippen LogP contribution in [0.4, 0.5) is 0 Å². The summed E-state index contributed by atoms with van der Waals surface area (Å²) in [6, 6.07) is 0. The van der Waals surface area contributed by atoms with E-state index in [1.165, 1.54) is 0 Å². The number of hydrogen-bond acceptors (Lipinski definition) is 7. The first-order chi connectivity index (χ1) is 6.98. The molecule has 0 aromatic carbocycles. The van der Waals surface area contributed by atoms with Crippen LogP contribution in [0.15, 0.2) is 0 Å². The molecule has 16 heavy (non-hydrogen) atoms. The molecule has 8 heteroatoms. The predicted octanol–water partition coefficient (Wildman–Crippen LogP) is -3.82. The Hall–Kier alpha value is 0.01000. The SMILES string of the molecule is Cl.OCC1(CO)NC[C@H](O)[C@@H](O)[C@H](O)[C@@H]1O. The first-order valence-electron chi connectivity index (χ1n) is 4.67. The summed E-state index contributed by atoms with van der Waals surface area (Å²) in [6.07, 6.45) is -5.99. The Morgan fingerprint density at radius 1 is 1.00 bits per heavy atom. The minimum absolute atomic E-state index is 0. The highest BCUT2D eigenvalue weighted by atomic mass is 35.5. The van der Waals surface area contributed by atoms with E-state index >= 15 is 0 Å². The topological polar surface area (TPSA) is 133 Å². The molecule has 7 N–H and O–H groups in total. The average molecular weight is 260 g/mol. The zero-order valence-corrected chi connectivity index (χ0v) is 9.34. The van der Waals surface area contributed by atoms with Crippen molar-refractivity contribution in [1.29, 1.82) is 0 Å². The Morgan fingerprint density at radius 3 is 1.94 bits per heavy atom. The Kier molecular flexibility index (Phi) is 6.09. The maximum atomic E-state index is 9.65. The molecule has 0 aromatic heterocycles. The summed E-state index contributed by atoms with van der Waals surface area (Å²) in [5.74, 6) is 0. The molecule has 1 fully saturated rings. The van der Waals surface area contributed by atoms with E-state index in [-0.39, 0.29) is 19.0 Å². The van der Waals surface area contributed by atoms with Crippen LogP contribution in [0, 0.1) is 0 Å². The Bertz CT molecular complexity index is 215. The highest BCUT2D eigenvalue weighted by Gasteiger charge is 2.47. The van der Waals surface area contributed by atoms with Crippen molar-refractivity contribution in [2.24, 2.45) is 0 Å². The van der Waals surface area contributed by atoms with Gasteiger partial charge in [-0.2, -0.15) is 0 Å². The summed E-state index contributed by atoms with van der Waals surface area (Å²) in [7, 11) is 0. The van der Waals surface area contributed by atoms with Gasteiger partial charge in [0.1, 0.15) is 18.3 Å². The number of halogens is 1. The predicted molar refractivity (Wildman–Crippen MR) is 56.2 cm³/mol. The summed E-state index contributed by atoms with van der Waals surface area (Å²) in [5, 5.41) is 58.5. The van der Waals surface area contributed by atoms with Crippen LogP contribution in [-0.4, -0.2) is 80.4 Å². The first-order valence-corrected chi connectivity index (χ1v) is 4.67. The second kappa shape index (κ2) is 6.08. The molecule has 1 aliphatic heterocycles. The van der Waals surface area contributed by atoms with Crippen molar-refractivity contribution in [3.05, 3.63) is 0 Å². The molecule has 0 radical (unpaired) electrons. The van der Waals surface area contributed by atoms with Gasteiger partial charge in [0.15, 0.2) is 0 Å². The standard InChI is InChI=1S/C8H17NO6.ClH/c10-2-8(3-11)7(15)6(14)5(13)4(12)1-9-8;/h4-7,9-15H,1-3H2;1H/t4-,5+,6-,7-;/m0./s1. The van der Waals surface area contributed by atoms with E-state index in [0.717, 1.165) is 0 Å². The zero-order valence-electron chi connectivity index (χ0n) is 8.52. The van der Waals surface area contributed by atoms with Gasteiger partial charge in [-0.25, -0.2) is 0 Å². The van der Waals surface area contributed by atoms with Gasteiger partial charge in [0.2, 0.25) is 0 Å². The molecule has 7 nitrogen and oxygen atoms in total. The highest BCUT2D eigenvalue weighted by molar-refractivity contribution is 5.85. The lowest BCUT2D eigenvalue weighted by Gasteiger charge is -2.36. The maximum Gasteiger partial charge on any atom is 0.110 e. The number of nitrogens with one attached hydrogen (secondary N) is 1. The third-order valence-electron chi connectivity index (χ3n) is 2.86. The van der Waals surface area contributed by atoms with E-state index < -0.39 is 43.2 Å². The van der Waals surface area contributed by atoms with Gasteiger partial charge in [0.25, 0.3) is 0 Å². The van der Waals surface area contributed by atoms with Gasteiger partial charge in [-0.15, -0.1) is 12.4 Å². The van der Waals surface area contributed by atoms with Crippen molar-refractivity contribution in [1.82, 2.24) is 5.32 Å². The molecule has 0 bridgehead atoms. The van der Waals surface area contributed by atoms with Gasteiger partial charge in [0.05, 0.1) is 24.9 Å². The normalized spacial score (nSPS) is 38.6. The van der Waals surface area contributed by atoms with Crippen molar-refractivity contribution in [3.8, 4) is 0 Å². The van der Waals surface area contributed by atoms with Gasteiger partial charge in [0, 0.05) is 6.54 Å². The van der Waals surface area contributed by atoms with Gasteiger partial charge in [-0.3, -0.25) is 0 Å². The molecular weight excluding hydrogens is 242 g/mol. The second-order valence-corrected chi connectivity index (χ2v) is 3.85. The molecule has 1 saturated heterocycles. The minimum atomic E-state index is -1.63. The molecule has 0 saturated carbocycles. The third-order valence-corrected chi connectivity index (χ3v) is 2.86. The van der Waals surface area contributed by atoms with E-state index in [9.17, 15) is 20.4 Å². The number of rotatable bonds is 2. The molecule has 0 aliphatic carbocycles. The summed E-state index contributed by atoms with van der Waals surface area (Å²) < 4.78 is 0. The molecule has 0 unspecified atom stereocenters. The van der Waals surface area contributed by atoms with Crippen LogP contribution in [0.5, 0.6) is 0 Å². The number of aliphatic hydroxyl groups excluding tert-OH is 6. The highest BCUT2D eigenvalue weighted by Crippen LogP contribution is 2.20. The maximum absolute atomic E-state index is 9.65. The molecule has 0 amide bonds. The van der Waals surface area contributed by atoms with Crippen LogP contribution in [0.1, 0.15) is 0 Å². The average Bonchev–Trinajstić information content (AvgIpc) is 2.34. The van der Waals surface area contributed by atoms with Crippen LogP contribution in [0.2, 0.25) is 0 Å². The quantitative estimate of drug-likeness (QED) is 0.270. The van der Waals surface area contributed by atoms with Crippen molar-refractivity contribution >= 4 is 12.4 Å². The smallest absolute Gasteiger partial charge is 0.110 e. The largest absolute Gasteiger partial charge is 0.394 e. The molecule has 4 atom stereocenters. The summed E-state index contributed by atoms with van der Waals surface area (Å²) in [5.41, 5.74) is -1.52. The third kappa shape index (κ3) is 2.63. The molecule has 98 valence electrons. The Balaban J connectivity index is 0.00000225. The number of β-amino-alcohol motifs (C(OH)–C–C–N with tert-alkyl or cyclic N) is 1. The van der Waals surface area contributed by atoms with E-state index in [2.05, 4.69) is 5.32 Å². The monoisotopic (exact) mass is 259 g/mol. The first kappa shape index (κ1) is 16.0. The Labute approximate surface area is 98.8 Å². The van der Waals surface area contributed by atoms with Crippen molar-refractivity contribution < 1.29 is 30.6 Å². The Morgan fingerprint density at radius 2 is 1.50 bits per heavy atom. The molecular formula is C8H18ClNO6. The van der Waals surface area contributed by atoms with Crippen molar-refractivity contribution in [3.63, 3.8) is 0 Å². The van der Waals surface area contributed by atoms with Crippen molar-refractivity contribution in [2.75, 3.05) is 19.8 Å². The molecule has 1 heterocycles. The lowest BCUT2D eigenvalue weighted by Crippen LogP contribution is -2.63. The van der Waals surface area contributed by atoms with E-state index in [1.54, 1.807) is 0 Å². The summed E-state index contributed by atoms with van der Waals surface area (Å²) in [4.78, 5) is 0. The van der Waals surface area contributed by atoms with Crippen LogP contribution in [0.25, 0.3) is 0 Å². The van der Waals surface area contributed by atoms with Gasteiger partial charge in [-0.05, 0) is 0 Å². The lowest BCUT2D eigenvalue weighted by molar-refractivity contribution is -0.120. The van der Waals surface area contributed by atoms with E-state index in [1.807, 2.05) is 0 Å². The van der Waals surface area contributed by atoms with E-state index in [0.29, 0.717) is 0 Å². The zero-order chi connectivity index (χ0) is 11.6. The summed E-state index contributed by atoms with van der Waals surface area (Å²) >= 11 is 0. The van der Waals surface area contributed by atoms with Crippen LogP contribution in [0.3, 0.4) is 0 Å². The fourth-order valence-electron chi connectivity index (χ4n) is 1.62. The lowest BCUT2D eigenvalue weighted by atomic mass is 9.89. The number of hydrogen-bond donors (Lipinski definition) is 7. The van der Waals surface area contributed by atoms with Gasteiger partial charge < -0.3 is 36.0 Å². The fourth-order valence-corrected chi connectivity index (χ4v) is 1.62. The number of aliphatic hydroxyl groups is 6. The molecule has 1 aliphatic rings. The van der Waals surface area contributed by atoms with Crippen molar-refractivity contribution in [2.45, 2.75) is 30.0 Å². The van der Waals surface area contributed by atoms with Gasteiger partial charge >= 0.3 is 0 Å². The van der Waals surface area contributed by atoms with Crippen LogP contribution >= 0.6 is 12.4 Å². The van der Waals surface area contributed by atoms with E-state index in [4.69, 9.17) is 10.2 Å². The molecule has 0 aromatic rings. The van der Waals surface area contributed by atoms with Gasteiger partial charge in [-0.1, -0.05) is 0 Å². The second-order valence-electron chi connectivity index (χ2n) is 3.85. The fraction of sp³-hybridized carbons (Fsp3) is 1.00. The molecule has 1 rings (SSSR count). The van der Waals surface area contributed by atoms with Crippen LogP contribution < -0.4 is 5.32 Å². The van der Waals surface area contributed by atoms with Crippen LogP contribution in [-0.2, 0) is 0 Å². The molecule has 0 spiro atoms.